The van der Waals surface area contributed by atoms with E-state index >= 15 is 0 Å². The first-order valence-corrected chi connectivity index (χ1v) is 5.87. The summed E-state index contributed by atoms with van der Waals surface area (Å²) in [5.41, 5.74) is 1.09. The number of ether oxygens (including phenoxy) is 2. The Morgan fingerprint density at radius 3 is 2.58 bits per heavy atom. The highest BCUT2D eigenvalue weighted by atomic mass is 127. The predicted octanol–water partition coefficient (Wildman–Crippen LogP) is 1.62. The van der Waals surface area contributed by atoms with Crippen LogP contribution in [0.4, 0.5) is 0 Å². The van der Waals surface area contributed by atoms with Crippen LogP contribution in [0, 0.1) is 0 Å². The molecule has 6 heteroatoms. The molecular formula is C13H22IN3O2. The smallest absolute Gasteiger partial charge is 0.191 e. The molecular weight excluding hydrogens is 357 g/mol. The molecule has 1 aromatic rings. The van der Waals surface area contributed by atoms with Crippen LogP contribution in [0.2, 0.25) is 0 Å². The van der Waals surface area contributed by atoms with Crippen molar-refractivity contribution in [2.24, 2.45) is 4.99 Å². The fourth-order valence-electron chi connectivity index (χ4n) is 1.52. The van der Waals surface area contributed by atoms with E-state index in [0.717, 1.165) is 23.8 Å². The largest absolute Gasteiger partial charge is 0.496 e. The molecule has 0 aliphatic rings. The number of guanidine groups is 1. The van der Waals surface area contributed by atoms with Gasteiger partial charge < -0.3 is 20.1 Å². The van der Waals surface area contributed by atoms with Crippen LogP contribution < -0.4 is 15.4 Å². The van der Waals surface area contributed by atoms with Crippen LogP contribution in [-0.2, 0) is 11.3 Å². The molecule has 0 heterocycles. The Bertz CT molecular complexity index is 386. The summed E-state index contributed by atoms with van der Waals surface area (Å²) in [4.78, 5) is 4.13. The zero-order chi connectivity index (χ0) is 13.2. The van der Waals surface area contributed by atoms with Gasteiger partial charge in [-0.05, 0) is 6.07 Å². The van der Waals surface area contributed by atoms with E-state index in [2.05, 4.69) is 15.6 Å². The van der Waals surface area contributed by atoms with E-state index in [4.69, 9.17) is 9.47 Å². The van der Waals surface area contributed by atoms with Crippen LogP contribution in [-0.4, -0.2) is 40.4 Å². The number of nitrogens with one attached hydrogen (secondary N) is 2. The molecule has 0 saturated carbocycles. The van der Waals surface area contributed by atoms with E-state index in [1.165, 1.54) is 0 Å². The molecule has 2 N–H and O–H groups in total. The summed E-state index contributed by atoms with van der Waals surface area (Å²) >= 11 is 0. The second kappa shape index (κ2) is 10.9. The average molecular weight is 379 g/mol. The zero-order valence-corrected chi connectivity index (χ0v) is 13.9. The minimum absolute atomic E-state index is 0. The van der Waals surface area contributed by atoms with Crippen molar-refractivity contribution in [1.82, 2.24) is 10.6 Å². The van der Waals surface area contributed by atoms with E-state index < -0.39 is 0 Å². The first-order valence-electron chi connectivity index (χ1n) is 5.87. The molecule has 0 aliphatic heterocycles. The lowest BCUT2D eigenvalue weighted by Gasteiger charge is -2.13. The maximum Gasteiger partial charge on any atom is 0.191 e. The number of aliphatic imine (C=N–C) groups is 1. The van der Waals surface area contributed by atoms with Gasteiger partial charge in [-0.1, -0.05) is 18.2 Å². The van der Waals surface area contributed by atoms with Crippen molar-refractivity contribution in [2.75, 3.05) is 34.4 Å². The van der Waals surface area contributed by atoms with Crippen molar-refractivity contribution in [3.8, 4) is 5.75 Å². The van der Waals surface area contributed by atoms with E-state index in [9.17, 15) is 0 Å². The van der Waals surface area contributed by atoms with Crippen LogP contribution in [0.15, 0.2) is 29.3 Å². The molecule has 0 spiro atoms. The second-order valence-electron chi connectivity index (χ2n) is 3.66. The minimum atomic E-state index is 0. The average Bonchev–Trinajstić information content (AvgIpc) is 2.43. The van der Waals surface area contributed by atoms with Gasteiger partial charge in [0.25, 0.3) is 0 Å². The number of hydrogen-bond donors (Lipinski definition) is 2. The molecule has 19 heavy (non-hydrogen) atoms. The van der Waals surface area contributed by atoms with Crippen LogP contribution >= 0.6 is 24.0 Å². The third-order valence-corrected chi connectivity index (χ3v) is 2.46. The minimum Gasteiger partial charge on any atom is -0.496 e. The van der Waals surface area contributed by atoms with Crippen LogP contribution in [0.25, 0.3) is 0 Å². The number of rotatable bonds is 6. The molecule has 0 aromatic heterocycles. The topological polar surface area (TPSA) is 54.9 Å². The maximum atomic E-state index is 5.29. The number of halogens is 1. The maximum absolute atomic E-state index is 5.29. The van der Waals surface area contributed by atoms with Crippen molar-refractivity contribution in [1.29, 1.82) is 0 Å². The quantitative estimate of drug-likeness (QED) is 0.342. The Morgan fingerprint density at radius 1 is 1.21 bits per heavy atom. The van der Waals surface area contributed by atoms with Crippen LogP contribution in [0.1, 0.15) is 5.56 Å². The number of benzene rings is 1. The van der Waals surface area contributed by atoms with E-state index in [-0.39, 0.29) is 24.0 Å². The highest BCUT2D eigenvalue weighted by molar-refractivity contribution is 14.0. The van der Waals surface area contributed by atoms with Gasteiger partial charge in [-0.2, -0.15) is 0 Å². The van der Waals surface area contributed by atoms with Gasteiger partial charge in [-0.25, -0.2) is 0 Å². The molecule has 0 atom stereocenters. The van der Waals surface area contributed by atoms with Gasteiger partial charge in [-0.3, -0.25) is 4.99 Å². The standard InChI is InChI=1S/C13H21N3O2.HI/c1-14-13(15-8-9-17-2)16-10-11-6-4-5-7-12(11)18-3;/h4-7H,8-10H2,1-3H3,(H2,14,15,16);1H. The molecule has 5 nitrogen and oxygen atoms in total. The van der Waals surface area contributed by atoms with Gasteiger partial charge in [0, 0.05) is 32.8 Å². The van der Waals surface area contributed by atoms with Gasteiger partial charge in [0.15, 0.2) is 5.96 Å². The molecule has 1 aromatic carbocycles. The Morgan fingerprint density at radius 2 is 1.95 bits per heavy atom. The summed E-state index contributed by atoms with van der Waals surface area (Å²) in [6.45, 7) is 2.04. The molecule has 0 saturated heterocycles. The lowest BCUT2D eigenvalue weighted by Crippen LogP contribution is -2.38. The van der Waals surface area contributed by atoms with E-state index in [1.807, 2.05) is 24.3 Å². The first-order chi connectivity index (χ1) is 8.81. The molecule has 0 unspecified atom stereocenters. The molecule has 108 valence electrons. The Kier molecular flexibility index (Phi) is 10.3. The van der Waals surface area contributed by atoms with Crippen molar-refractivity contribution in [3.63, 3.8) is 0 Å². The molecule has 1 rings (SSSR count). The third kappa shape index (κ3) is 6.63. The second-order valence-corrected chi connectivity index (χ2v) is 3.66. The summed E-state index contributed by atoms with van der Waals surface area (Å²) < 4.78 is 10.3. The van der Waals surface area contributed by atoms with Gasteiger partial charge in [0.1, 0.15) is 5.75 Å². The zero-order valence-electron chi connectivity index (χ0n) is 11.6. The van der Waals surface area contributed by atoms with Crippen LogP contribution in [0.5, 0.6) is 5.75 Å². The number of methoxy groups -OCH3 is 2. The number of hydrogen-bond acceptors (Lipinski definition) is 3. The van der Waals surface area contributed by atoms with Crippen molar-refractivity contribution < 1.29 is 9.47 Å². The number of nitrogens with zero attached hydrogens (tertiary/aromatic N) is 1. The van der Waals surface area contributed by atoms with Gasteiger partial charge in [-0.15, -0.1) is 24.0 Å². The van der Waals surface area contributed by atoms with Gasteiger partial charge >= 0.3 is 0 Å². The summed E-state index contributed by atoms with van der Waals surface area (Å²) in [5.74, 6) is 1.62. The molecule has 0 bridgehead atoms. The summed E-state index contributed by atoms with van der Waals surface area (Å²) in [5, 5.41) is 6.37. The lowest BCUT2D eigenvalue weighted by atomic mass is 10.2. The van der Waals surface area contributed by atoms with Crippen molar-refractivity contribution in [3.05, 3.63) is 29.8 Å². The Hall–Kier alpha value is -1.02. The summed E-state index contributed by atoms with van der Waals surface area (Å²) in [7, 11) is 5.08. The lowest BCUT2D eigenvalue weighted by molar-refractivity contribution is 0.203. The Labute approximate surface area is 131 Å². The normalized spacial score (nSPS) is 10.6. The molecule has 0 amide bonds. The first kappa shape index (κ1) is 18.0. The fraction of sp³-hybridized carbons (Fsp3) is 0.462. The molecule has 0 fully saturated rings. The summed E-state index contributed by atoms with van der Waals surface area (Å²) in [6.07, 6.45) is 0. The monoisotopic (exact) mass is 379 g/mol. The Balaban J connectivity index is 0.00000324. The van der Waals surface area contributed by atoms with E-state index in [1.54, 1.807) is 21.3 Å². The fourth-order valence-corrected chi connectivity index (χ4v) is 1.52. The molecule has 0 aliphatic carbocycles. The van der Waals surface area contributed by atoms with Gasteiger partial charge in [0.2, 0.25) is 0 Å². The van der Waals surface area contributed by atoms with Crippen molar-refractivity contribution >= 4 is 29.9 Å². The number of para-hydroxylation sites is 1. The SMILES string of the molecule is CN=C(NCCOC)NCc1ccccc1OC.I. The molecule has 0 radical (unpaired) electrons. The predicted molar refractivity (Wildman–Crippen MR) is 88.5 cm³/mol. The summed E-state index contributed by atoms with van der Waals surface area (Å²) in [6, 6.07) is 7.90. The highest BCUT2D eigenvalue weighted by Crippen LogP contribution is 2.16. The van der Waals surface area contributed by atoms with Gasteiger partial charge in [0.05, 0.1) is 13.7 Å². The van der Waals surface area contributed by atoms with Crippen LogP contribution in [0.3, 0.4) is 0 Å². The third-order valence-electron chi connectivity index (χ3n) is 2.46. The van der Waals surface area contributed by atoms with E-state index in [0.29, 0.717) is 13.2 Å². The van der Waals surface area contributed by atoms with Crippen molar-refractivity contribution in [2.45, 2.75) is 6.54 Å². The highest BCUT2D eigenvalue weighted by Gasteiger charge is 2.02.